The summed E-state index contributed by atoms with van der Waals surface area (Å²) in [6.07, 6.45) is 5.64. The van der Waals surface area contributed by atoms with Crippen molar-refractivity contribution in [1.82, 2.24) is 5.32 Å². The maximum Gasteiger partial charge on any atom is 0.0516 e. The molecule has 0 bridgehead atoms. The van der Waals surface area contributed by atoms with E-state index in [9.17, 15) is 0 Å². The standard InChI is InChI=1S/C12H18ClNS/c1-9(10-4-2-3-5-10)14-7-12-6-11(13)8-15-12/h6,8-10,14H,2-5,7H2,1H3. The summed E-state index contributed by atoms with van der Waals surface area (Å²) < 4.78 is 0. The Morgan fingerprint density at radius 1 is 1.53 bits per heavy atom. The lowest BCUT2D eigenvalue weighted by Gasteiger charge is -2.19. The highest BCUT2D eigenvalue weighted by Crippen LogP contribution is 2.28. The summed E-state index contributed by atoms with van der Waals surface area (Å²) in [5.74, 6) is 0.889. The first-order valence-electron chi connectivity index (χ1n) is 5.72. The van der Waals surface area contributed by atoms with Crippen molar-refractivity contribution in [2.45, 2.75) is 45.2 Å². The number of thiophene rings is 1. The molecule has 3 heteroatoms. The van der Waals surface area contributed by atoms with Gasteiger partial charge in [0.15, 0.2) is 0 Å². The zero-order valence-electron chi connectivity index (χ0n) is 9.13. The number of rotatable bonds is 4. The van der Waals surface area contributed by atoms with Gasteiger partial charge in [-0.25, -0.2) is 0 Å². The zero-order valence-corrected chi connectivity index (χ0v) is 10.7. The van der Waals surface area contributed by atoms with Crippen LogP contribution in [0.2, 0.25) is 5.02 Å². The van der Waals surface area contributed by atoms with E-state index in [0.29, 0.717) is 6.04 Å². The number of halogens is 1. The van der Waals surface area contributed by atoms with Gasteiger partial charge in [0.25, 0.3) is 0 Å². The predicted octanol–water partition coefficient (Wildman–Crippen LogP) is 4.07. The maximum atomic E-state index is 5.89. The van der Waals surface area contributed by atoms with E-state index < -0.39 is 0 Å². The fraction of sp³-hybridized carbons (Fsp3) is 0.667. The molecule has 0 aliphatic heterocycles. The highest BCUT2D eigenvalue weighted by Gasteiger charge is 2.20. The van der Waals surface area contributed by atoms with Crippen molar-refractivity contribution >= 4 is 22.9 Å². The van der Waals surface area contributed by atoms with Gasteiger partial charge in [0.1, 0.15) is 0 Å². The molecule has 1 aliphatic carbocycles. The van der Waals surface area contributed by atoms with Crippen molar-refractivity contribution in [2.24, 2.45) is 5.92 Å². The molecule has 0 aromatic carbocycles. The van der Waals surface area contributed by atoms with Crippen molar-refractivity contribution in [1.29, 1.82) is 0 Å². The van der Waals surface area contributed by atoms with Gasteiger partial charge < -0.3 is 5.32 Å². The average molecular weight is 244 g/mol. The van der Waals surface area contributed by atoms with Crippen LogP contribution >= 0.6 is 22.9 Å². The van der Waals surface area contributed by atoms with E-state index >= 15 is 0 Å². The Balaban J connectivity index is 1.77. The molecule has 1 aliphatic rings. The first kappa shape index (κ1) is 11.4. The highest BCUT2D eigenvalue weighted by atomic mass is 35.5. The second kappa shape index (κ2) is 5.33. The summed E-state index contributed by atoms with van der Waals surface area (Å²) in [6.45, 7) is 3.28. The van der Waals surface area contributed by atoms with Gasteiger partial charge in [0.05, 0.1) is 5.02 Å². The lowest BCUT2D eigenvalue weighted by atomic mass is 10.00. The van der Waals surface area contributed by atoms with Crippen LogP contribution < -0.4 is 5.32 Å². The van der Waals surface area contributed by atoms with Crippen LogP contribution in [-0.4, -0.2) is 6.04 Å². The van der Waals surface area contributed by atoms with E-state index in [1.807, 2.05) is 5.38 Å². The molecule has 84 valence electrons. The molecule has 2 rings (SSSR count). The van der Waals surface area contributed by atoms with Gasteiger partial charge in [-0.3, -0.25) is 0 Å². The van der Waals surface area contributed by atoms with Crippen LogP contribution in [0.25, 0.3) is 0 Å². The minimum Gasteiger partial charge on any atom is -0.309 e. The molecular formula is C12H18ClNS. The van der Waals surface area contributed by atoms with Gasteiger partial charge in [-0.2, -0.15) is 0 Å². The summed E-state index contributed by atoms with van der Waals surface area (Å²) in [5, 5.41) is 6.47. The molecule has 0 radical (unpaired) electrons. The molecule has 1 unspecified atom stereocenters. The Hall–Kier alpha value is -0.0500. The molecule has 1 nitrogen and oxygen atoms in total. The third kappa shape index (κ3) is 3.20. The third-order valence-electron chi connectivity index (χ3n) is 3.33. The fourth-order valence-corrected chi connectivity index (χ4v) is 3.36. The van der Waals surface area contributed by atoms with Gasteiger partial charge in [-0.05, 0) is 31.7 Å². The van der Waals surface area contributed by atoms with Crippen LogP contribution in [0.4, 0.5) is 0 Å². The molecule has 1 aromatic heterocycles. The van der Waals surface area contributed by atoms with Crippen molar-refractivity contribution in [3.63, 3.8) is 0 Å². The van der Waals surface area contributed by atoms with Crippen LogP contribution in [0.5, 0.6) is 0 Å². The lowest BCUT2D eigenvalue weighted by Crippen LogP contribution is -2.31. The fourth-order valence-electron chi connectivity index (χ4n) is 2.33. The van der Waals surface area contributed by atoms with Crippen molar-refractivity contribution in [3.05, 3.63) is 21.3 Å². The van der Waals surface area contributed by atoms with Crippen molar-refractivity contribution in [3.8, 4) is 0 Å². The molecule has 1 saturated carbocycles. The second-order valence-corrected chi connectivity index (χ2v) is 5.88. The minimum absolute atomic E-state index is 0.647. The largest absolute Gasteiger partial charge is 0.309 e. The Morgan fingerprint density at radius 3 is 2.87 bits per heavy atom. The first-order valence-corrected chi connectivity index (χ1v) is 6.98. The normalized spacial score (nSPS) is 19.6. The first-order chi connectivity index (χ1) is 7.25. The molecule has 0 saturated heterocycles. The Bertz CT molecular complexity index is 304. The lowest BCUT2D eigenvalue weighted by molar-refractivity contribution is 0.381. The van der Waals surface area contributed by atoms with Gasteiger partial charge in [0, 0.05) is 22.8 Å². The van der Waals surface area contributed by atoms with E-state index in [-0.39, 0.29) is 0 Å². The minimum atomic E-state index is 0.647. The monoisotopic (exact) mass is 243 g/mol. The van der Waals surface area contributed by atoms with Crippen molar-refractivity contribution in [2.75, 3.05) is 0 Å². The van der Waals surface area contributed by atoms with Crippen molar-refractivity contribution < 1.29 is 0 Å². The summed E-state index contributed by atoms with van der Waals surface area (Å²) in [6, 6.07) is 2.70. The van der Waals surface area contributed by atoms with Gasteiger partial charge in [-0.15, -0.1) is 11.3 Å². The van der Waals surface area contributed by atoms with E-state index in [2.05, 4.69) is 18.3 Å². The SMILES string of the molecule is CC(NCc1cc(Cl)cs1)C1CCCC1. The summed E-state index contributed by atoms with van der Waals surface area (Å²) in [7, 11) is 0. The van der Waals surface area contributed by atoms with Crippen LogP contribution in [-0.2, 0) is 6.54 Å². The molecule has 0 spiro atoms. The quantitative estimate of drug-likeness (QED) is 0.841. The van der Waals surface area contributed by atoms with Crippen LogP contribution in [0.1, 0.15) is 37.5 Å². The van der Waals surface area contributed by atoms with Crippen LogP contribution in [0, 0.1) is 5.92 Å². The second-order valence-electron chi connectivity index (χ2n) is 4.45. The molecule has 1 fully saturated rings. The Morgan fingerprint density at radius 2 is 2.27 bits per heavy atom. The Kier molecular flexibility index (Phi) is 4.06. The molecule has 0 amide bonds. The zero-order chi connectivity index (χ0) is 10.7. The summed E-state index contributed by atoms with van der Waals surface area (Å²) in [5.41, 5.74) is 0. The van der Waals surface area contributed by atoms with Crippen LogP contribution in [0.3, 0.4) is 0 Å². The van der Waals surface area contributed by atoms with E-state index in [0.717, 1.165) is 17.5 Å². The molecule has 15 heavy (non-hydrogen) atoms. The number of hydrogen-bond donors (Lipinski definition) is 1. The average Bonchev–Trinajstić information content (AvgIpc) is 2.84. The third-order valence-corrected chi connectivity index (χ3v) is 4.61. The molecule has 1 N–H and O–H groups in total. The van der Waals surface area contributed by atoms with Crippen LogP contribution in [0.15, 0.2) is 11.4 Å². The number of hydrogen-bond acceptors (Lipinski definition) is 2. The van der Waals surface area contributed by atoms with Gasteiger partial charge in [0.2, 0.25) is 0 Å². The summed E-state index contributed by atoms with van der Waals surface area (Å²) in [4.78, 5) is 1.34. The van der Waals surface area contributed by atoms with Gasteiger partial charge in [-0.1, -0.05) is 24.4 Å². The molecule has 1 atom stereocenters. The smallest absolute Gasteiger partial charge is 0.0516 e. The van der Waals surface area contributed by atoms with E-state index in [4.69, 9.17) is 11.6 Å². The molecular weight excluding hydrogens is 226 g/mol. The van der Waals surface area contributed by atoms with Gasteiger partial charge >= 0.3 is 0 Å². The summed E-state index contributed by atoms with van der Waals surface area (Å²) >= 11 is 7.63. The maximum absolute atomic E-state index is 5.89. The molecule has 1 aromatic rings. The Labute approximate surface area is 101 Å². The molecule has 1 heterocycles. The predicted molar refractivity (Wildman–Crippen MR) is 67.6 cm³/mol. The highest BCUT2D eigenvalue weighted by molar-refractivity contribution is 7.10. The van der Waals surface area contributed by atoms with E-state index in [1.165, 1.54) is 30.6 Å². The van der Waals surface area contributed by atoms with E-state index in [1.54, 1.807) is 11.3 Å². The number of nitrogens with one attached hydrogen (secondary N) is 1. The topological polar surface area (TPSA) is 12.0 Å².